The first kappa shape index (κ1) is 12.3. The van der Waals surface area contributed by atoms with Gasteiger partial charge in [-0.1, -0.05) is 6.07 Å². The summed E-state index contributed by atoms with van der Waals surface area (Å²) in [5.74, 6) is 7.04. The van der Waals surface area contributed by atoms with Gasteiger partial charge < -0.3 is 9.47 Å². The summed E-state index contributed by atoms with van der Waals surface area (Å²) in [4.78, 5) is 12.2. The number of ether oxygens (including phenoxy) is 2. The largest absolute Gasteiger partial charge is 0.490 e. The molecule has 19 heavy (non-hydrogen) atoms. The number of carbonyl (C=O) groups excluding carboxylic acids is 1. The van der Waals surface area contributed by atoms with E-state index in [1.807, 2.05) is 18.2 Å². The number of fused-ring (bicyclic) bond motifs is 1. The van der Waals surface area contributed by atoms with Gasteiger partial charge in [-0.2, -0.15) is 0 Å². The van der Waals surface area contributed by atoms with Crippen molar-refractivity contribution in [1.82, 2.24) is 5.01 Å². The SMILES string of the molecule is CN(N)C(=O)C1(c2ccc3c(c2)OCCCO3)CC1. The van der Waals surface area contributed by atoms with Crippen molar-refractivity contribution in [2.24, 2.45) is 5.84 Å². The van der Waals surface area contributed by atoms with Crippen molar-refractivity contribution in [3.05, 3.63) is 23.8 Å². The minimum Gasteiger partial charge on any atom is -0.490 e. The van der Waals surface area contributed by atoms with Crippen molar-refractivity contribution >= 4 is 5.91 Å². The van der Waals surface area contributed by atoms with Crippen molar-refractivity contribution in [1.29, 1.82) is 0 Å². The molecule has 1 aliphatic heterocycles. The van der Waals surface area contributed by atoms with Gasteiger partial charge in [-0.25, -0.2) is 5.84 Å². The molecule has 0 unspecified atom stereocenters. The van der Waals surface area contributed by atoms with Gasteiger partial charge in [0.2, 0.25) is 5.91 Å². The number of rotatable bonds is 2. The predicted molar refractivity (Wildman–Crippen MR) is 69.9 cm³/mol. The van der Waals surface area contributed by atoms with Crippen LogP contribution in [0.5, 0.6) is 11.5 Å². The van der Waals surface area contributed by atoms with Crippen LogP contribution in [0.25, 0.3) is 0 Å². The minimum atomic E-state index is -0.450. The second-order valence-electron chi connectivity index (χ2n) is 5.21. The molecule has 3 rings (SSSR count). The summed E-state index contributed by atoms with van der Waals surface area (Å²) in [7, 11) is 1.59. The Morgan fingerprint density at radius 3 is 2.58 bits per heavy atom. The lowest BCUT2D eigenvalue weighted by molar-refractivity contribution is -0.132. The molecule has 0 aromatic heterocycles. The number of carbonyl (C=O) groups is 1. The Hall–Kier alpha value is -1.75. The highest BCUT2D eigenvalue weighted by Gasteiger charge is 2.52. The van der Waals surface area contributed by atoms with Gasteiger partial charge in [0.15, 0.2) is 11.5 Å². The highest BCUT2D eigenvalue weighted by molar-refractivity contribution is 5.91. The fourth-order valence-electron chi connectivity index (χ4n) is 2.55. The van der Waals surface area contributed by atoms with Crippen molar-refractivity contribution in [2.75, 3.05) is 20.3 Å². The summed E-state index contributed by atoms with van der Waals surface area (Å²) >= 11 is 0. The summed E-state index contributed by atoms with van der Waals surface area (Å²) in [6.45, 7) is 1.32. The van der Waals surface area contributed by atoms with Crippen LogP contribution in [0, 0.1) is 0 Å². The molecule has 2 N–H and O–H groups in total. The molecule has 5 heteroatoms. The standard InChI is InChI=1S/C14H18N2O3/c1-16(15)13(17)14(5-6-14)10-3-4-11-12(9-10)19-8-2-7-18-11/h3-4,9H,2,5-8,15H2,1H3. The van der Waals surface area contributed by atoms with E-state index in [1.165, 1.54) is 5.01 Å². The van der Waals surface area contributed by atoms with Crippen molar-refractivity contribution in [3.63, 3.8) is 0 Å². The number of benzene rings is 1. The number of nitrogens with zero attached hydrogens (tertiary/aromatic N) is 1. The van der Waals surface area contributed by atoms with Crippen molar-refractivity contribution in [3.8, 4) is 11.5 Å². The average molecular weight is 262 g/mol. The first-order chi connectivity index (χ1) is 9.13. The van der Waals surface area contributed by atoms with E-state index in [2.05, 4.69) is 0 Å². The molecule has 1 fully saturated rings. The van der Waals surface area contributed by atoms with Crippen LogP contribution in [-0.2, 0) is 10.2 Å². The van der Waals surface area contributed by atoms with E-state index in [1.54, 1.807) is 7.05 Å². The molecule has 2 aliphatic rings. The Morgan fingerprint density at radius 2 is 1.95 bits per heavy atom. The molecular formula is C14H18N2O3. The number of nitrogens with two attached hydrogens (primary N) is 1. The van der Waals surface area contributed by atoms with E-state index in [0.717, 1.165) is 36.3 Å². The summed E-state index contributed by atoms with van der Waals surface area (Å²) < 4.78 is 11.3. The van der Waals surface area contributed by atoms with Crippen LogP contribution in [0.1, 0.15) is 24.8 Å². The molecule has 102 valence electrons. The van der Waals surface area contributed by atoms with Gasteiger partial charge in [-0.15, -0.1) is 0 Å². The maximum atomic E-state index is 12.2. The summed E-state index contributed by atoms with van der Waals surface area (Å²) in [6, 6.07) is 5.76. The Labute approximate surface area is 112 Å². The van der Waals surface area contributed by atoms with Crippen LogP contribution >= 0.6 is 0 Å². The molecule has 1 aromatic rings. The molecule has 0 spiro atoms. The first-order valence-electron chi connectivity index (χ1n) is 6.56. The Bertz CT molecular complexity index is 509. The maximum Gasteiger partial charge on any atom is 0.246 e. The van der Waals surface area contributed by atoms with E-state index in [0.29, 0.717) is 13.2 Å². The minimum absolute atomic E-state index is 0.0398. The summed E-state index contributed by atoms with van der Waals surface area (Å²) in [6.07, 6.45) is 2.56. The first-order valence-corrected chi connectivity index (χ1v) is 6.56. The molecule has 1 heterocycles. The maximum absolute atomic E-state index is 12.2. The third-order valence-electron chi connectivity index (χ3n) is 3.78. The molecule has 1 aromatic carbocycles. The van der Waals surface area contributed by atoms with Crippen molar-refractivity contribution < 1.29 is 14.3 Å². The third-order valence-corrected chi connectivity index (χ3v) is 3.78. The zero-order valence-corrected chi connectivity index (χ0v) is 11.0. The Balaban J connectivity index is 1.94. The van der Waals surface area contributed by atoms with E-state index in [-0.39, 0.29) is 5.91 Å². The lowest BCUT2D eigenvalue weighted by Crippen LogP contribution is -2.41. The number of hydrazine groups is 1. The topological polar surface area (TPSA) is 64.8 Å². The molecular weight excluding hydrogens is 244 g/mol. The van der Waals surface area contributed by atoms with Crippen LogP contribution in [-0.4, -0.2) is 31.2 Å². The number of likely N-dealkylation sites (N-methyl/N-ethyl adjacent to an activating group) is 1. The molecule has 0 bridgehead atoms. The van der Waals surface area contributed by atoms with Gasteiger partial charge in [0, 0.05) is 13.5 Å². The van der Waals surface area contributed by atoms with Crippen molar-refractivity contribution in [2.45, 2.75) is 24.7 Å². The molecule has 1 amide bonds. The summed E-state index contributed by atoms with van der Waals surface area (Å²) in [5.41, 5.74) is 0.521. The highest BCUT2D eigenvalue weighted by Crippen LogP contribution is 2.50. The zero-order valence-electron chi connectivity index (χ0n) is 11.0. The number of hydrogen-bond acceptors (Lipinski definition) is 4. The van der Waals surface area contributed by atoms with Gasteiger partial charge in [0.25, 0.3) is 0 Å². The third kappa shape index (κ3) is 2.04. The van der Waals surface area contributed by atoms with E-state index < -0.39 is 5.41 Å². The lowest BCUT2D eigenvalue weighted by Gasteiger charge is -2.20. The second-order valence-corrected chi connectivity index (χ2v) is 5.21. The zero-order chi connectivity index (χ0) is 13.5. The molecule has 0 saturated heterocycles. The van der Waals surface area contributed by atoms with E-state index in [9.17, 15) is 4.79 Å². The lowest BCUT2D eigenvalue weighted by atomic mass is 9.94. The molecule has 1 saturated carbocycles. The van der Waals surface area contributed by atoms with Gasteiger partial charge in [0.1, 0.15) is 0 Å². The van der Waals surface area contributed by atoms with E-state index >= 15 is 0 Å². The van der Waals surface area contributed by atoms with Crippen LogP contribution in [0.4, 0.5) is 0 Å². The van der Waals surface area contributed by atoms with Gasteiger partial charge in [0.05, 0.1) is 18.6 Å². The monoisotopic (exact) mass is 262 g/mol. The molecule has 5 nitrogen and oxygen atoms in total. The second kappa shape index (κ2) is 4.42. The van der Waals surface area contributed by atoms with Crippen LogP contribution in [0.3, 0.4) is 0 Å². The van der Waals surface area contributed by atoms with Gasteiger partial charge in [-0.3, -0.25) is 9.80 Å². The normalized spacial score (nSPS) is 19.5. The van der Waals surface area contributed by atoms with E-state index in [4.69, 9.17) is 15.3 Å². The smallest absolute Gasteiger partial charge is 0.246 e. The predicted octanol–water partition coefficient (Wildman–Crippen LogP) is 1.21. The average Bonchev–Trinajstić information content (AvgIpc) is 3.21. The van der Waals surface area contributed by atoms with Crippen LogP contribution < -0.4 is 15.3 Å². The van der Waals surface area contributed by atoms with Crippen LogP contribution in [0.2, 0.25) is 0 Å². The highest BCUT2D eigenvalue weighted by atomic mass is 16.5. The molecule has 0 radical (unpaired) electrons. The Kier molecular flexibility index (Phi) is 2.86. The molecule has 1 aliphatic carbocycles. The fraction of sp³-hybridized carbons (Fsp3) is 0.500. The quantitative estimate of drug-likeness (QED) is 0.494. The van der Waals surface area contributed by atoms with Gasteiger partial charge >= 0.3 is 0 Å². The molecule has 0 atom stereocenters. The summed E-state index contributed by atoms with van der Waals surface area (Å²) in [5, 5.41) is 1.18. The fourth-order valence-corrected chi connectivity index (χ4v) is 2.55. The number of hydrogen-bond donors (Lipinski definition) is 1. The Morgan fingerprint density at radius 1 is 1.26 bits per heavy atom. The number of amides is 1. The van der Waals surface area contributed by atoms with Gasteiger partial charge in [-0.05, 0) is 30.5 Å². The van der Waals surface area contributed by atoms with Crippen LogP contribution in [0.15, 0.2) is 18.2 Å².